The van der Waals surface area contributed by atoms with Crippen LogP contribution in [0.15, 0.2) is 34.4 Å². The monoisotopic (exact) mass is 286 g/mol. The number of benzene rings is 1. The van der Waals surface area contributed by atoms with Crippen LogP contribution in [-0.4, -0.2) is 11.6 Å². The maximum Gasteiger partial charge on any atom is 0.387 e. The van der Waals surface area contributed by atoms with Crippen molar-refractivity contribution in [2.75, 3.05) is 0 Å². The summed E-state index contributed by atoms with van der Waals surface area (Å²) >= 11 is 1.12. The predicted molar refractivity (Wildman–Crippen MR) is 68.6 cm³/mol. The highest BCUT2D eigenvalue weighted by Crippen LogP contribution is 2.14. The molecular formula is C12H12F2N2O2S. The zero-order chi connectivity index (χ0) is 13.7. The summed E-state index contributed by atoms with van der Waals surface area (Å²) < 4.78 is 28.2. The third kappa shape index (κ3) is 4.46. The summed E-state index contributed by atoms with van der Waals surface area (Å²) in [7, 11) is 0. The summed E-state index contributed by atoms with van der Waals surface area (Å²) in [5.41, 5.74) is 1.77. The molecule has 4 nitrogen and oxygen atoms in total. The Hall–Kier alpha value is -1.73. The maximum absolute atomic E-state index is 12.0. The molecule has 7 heteroatoms. The molecule has 2 aromatic rings. The number of ether oxygens (including phenoxy) is 1. The molecule has 1 heterocycles. The molecule has 19 heavy (non-hydrogen) atoms. The van der Waals surface area contributed by atoms with Crippen LogP contribution in [0.2, 0.25) is 0 Å². The molecule has 1 aromatic heterocycles. The number of H-pyrrole nitrogens is 1. The first kappa shape index (κ1) is 13.7. The molecule has 1 aromatic carbocycles. The molecule has 0 aliphatic carbocycles. The van der Waals surface area contributed by atoms with Gasteiger partial charge in [0.2, 0.25) is 0 Å². The first-order valence-corrected chi connectivity index (χ1v) is 6.42. The molecular weight excluding hydrogens is 274 g/mol. The van der Waals surface area contributed by atoms with Gasteiger partial charge in [0.05, 0.1) is 0 Å². The lowest BCUT2D eigenvalue weighted by Crippen LogP contribution is -2.13. The number of hydrogen-bond donors (Lipinski definition) is 2. The van der Waals surface area contributed by atoms with Crippen LogP contribution in [0.4, 0.5) is 8.78 Å². The summed E-state index contributed by atoms with van der Waals surface area (Å²) in [6.45, 7) is -1.68. The van der Waals surface area contributed by atoms with Crippen LogP contribution in [0.3, 0.4) is 0 Å². The largest absolute Gasteiger partial charge is 0.435 e. The lowest BCUT2D eigenvalue weighted by atomic mass is 10.2. The average Bonchev–Trinajstić information content (AvgIpc) is 2.77. The SMILES string of the molecule is O=c1[nH]c(CNCc2ccc(OC(F)F)cc2)cs1. The molecule has 0 saturated carbocycles. The van der Waals surface area contributed by atoms with Crippen molar-refractivity contribution in [2.24, 2.45) is 0 Å². The quantitative estimate of drug-likeness (QED) is 0.857. The van der Waals surface area contributed by atoms with E-state index in [2.05, 4.69) is 15.0 Å². The first-order chi connectivity index (χ1) is 9.13. The minimum absolute atomic E-state index is 0.0784. The lowest BCUT2D eigenvalue weighted by molar-refractivity contribution is -0.0498. The Labute approximate surface area is 112 Å². The molecule has 2 rings (SSSR count). The third-order valence-electron chi connectivity index (χ3n) is 2.36. The number of thiazole rings is 1. The highest BCUT2D eigenvalue weighted by Gasteiger charge is 2.03. The number of rotatable bonds is 6. The van der Waals surface area contributed by atoms with Crippen LogP contribution in [-0.2, 0) is 13.1 Å². The molecule has 2 N–H and O–H groups in total. The van der Waals surface area contributed by atoms with E-state index in [9.17, 15) is 13.6 Å². The van der Waals surface area contributed by atoms with E-state index >= 15 is 0 Å². The van der Waals surface area contributed by atoms with E-state index in [1.807, 2.05) is 0 Å². The van der Waals surface area contributed by atoms with Crippen LogP contribution in [0, 0.1) is 0 Å². The summed E-state index contributed by atoms with van der Waals surface area (Å²) in [4.78, 5) is 13.5. The van der Waals surface area contributed by atoms with E-state index in [1.54, 1.807) is 17.5 Å². The van der Waals surface area contributed by atoms with Crippen molar-refractivity contribution in [1.82, 2.24) is 10.3 Å². The number of aromatic nitrogens is 1. The standard InChI is InChI=1S/C12H12F2N2O2S/c13-11(14)18-10-3-1-8(2-4-10)5-15-6-9-7-19-12(17)16-9/h1-4,7,11,15H,5-6H2,(H,16,17). The smallest absolute Gasteiger partial charge is 0.387 e. The molecule has 0 amide bonds. The van der Waals surface area contributed by atoms with E-state index in [-0.39, 0.29) is 10.6 Å². The number of aromatic amines is 1. The number of hydrogen-bond acceptors (Lipinski definition) is 4. The molecule has 0 spiro atoms. The van der Waals surface area contributed by atoms with Gasteiger partial charge in [-0.25, -0.2) is 0 Å². The third-order valence-corrected chi connectivity index (χ3v) is 3.08. The van der Waals surface area contributed by atoms with Crippen molar-refractivity contribution >= 4 is 11.3 Å². The van der Waals surface area contributed by atoms with Crippen LogP contribution >= 0.6 is 11.3 Å². The Morgan fingerprint density at radius 3 is 2.58 bits per heavy atom. The summed E-state index contributed by atoms with van der Waals surface area (Å²) in [6, 6.07) is 6.41. The van der Waals surface area contributed by atoms with Gasteiger partial charge in [-0.15, -0.1) is 0 Å². The van der Waals surface area contributed by atoms with Crippen molar-refractivity contribution in [3.05, 3.63) is 50.6 Å². The minimum atomic E-state index is -2.81. The van der Waals surface area contributed by atoms with Gasteiger partial charge in [0, 0.05) is 24.2 Å². The highest BCUT2D eigenvalue weighted by molar-refractivity contribution is 7.07. The second-order valence-electron chi connectivity index (χ2n) is 3.80. The molecule has 0 saturated heterocycles. The first-order valence-electron chi connectivity index (χ1n) is 5.54. The average molecular weight is 286 g/mol. The Bertz CT molecular complexity index is 566. The van der Waals surface area contributed by atoms with Crippen LogP contribution < -0.4 is 14.9 Å². The van der Waals surface area contributed by atoms with E-state index in [1.165, 1.54) is 12.1 Å². The Kier molecular flexibility index (Phi) is 4.64. The van der Waals surface area contributed by atoms with Gasteiger partial charge >= 0.3 is 11.5 Å². The van der Waals surface area contributed by atoms with Crippen molar-refractivity contribution in [1.29, 1.82) is 0 Å². The number of nitrogens with one attached hydrogen (secondary N) is 2. The summed E-state index contributed by atoms with van der Waals surface area (Å²) in [6.07, 6.45) is 0. The zero-order valence-corrected chi connectivity index (χ0v) is 10.7. The van der Waals surface area contributed by atoms with Gasteiger partial charge in [-0.1, -0.05) is 23.5 Å². The van der Waals surface area contributed by atoms with Gasteiger partial charge < -0.3 is 15.0 Å². The van der Waals surface area contributed by atoms with Crippen molar-refractivity contribution in [2.45, 2.75) is 19.7 Å². The fourth-order valence-corrected chi connectivity index (χ4v) is 2.11. The molecule has 0 fully saturated rings. The van der Waals surface area contributed by atoms with Gasteiger partial charge in [-0.2, -0.15) is 8.78 Å². The number of alkyl halides is 2. The maximum atomic E-state index is 12.0. The van der Waals surface area contributed by atoms with E-state index < -0.39 is 6.61 Å². The van der Waals surface area contributed by atoms with Gasteiger partial charge in [0.1, 0.15) is 5.75 Å². The predicted octanol–water partition coefficient (Wildman–Crippen LogP) is 2.33. The number of halogens is 2. The van der Waals surface area contributed by atoms with Crippen molar-refractivity contribution in [3.63, 3.8) is 0 Å². The van der Waals surface area contributed by atoms with Crippen LogP contribution in [0.1, 0.15) is 11.3 Å². The molecule has 0 bridgehead atoms. The Balaban J connectivity index is 1.81. The molecule has 102 valence electrons. The van der Waals surface area contributed by atoms with E-state index in [0.717, 1.165) is 22.6 Å². The molecule has 0 aliphatic heterocycles. The second kappa shape index (κ2) is 6.44. The minimum Gasteiger partial charge on any atom is -0.435 e. The summed E-state index contributed by atoms with van der Waals surface area (Å²) in [5.74, 6) is 0.140. The zero-order valence-electron chi connectivity index (χ0n) is 9.86. The topological polar surface area (TPSA) is 54.1 Å². The van der Waals surface area contributed by atoms with Gasteiger partial charge in [0.25, 0.3) is 0 Å². The fourth-order valence-electron chi connectivity index (χ4n) is 1.53. The van der Waals surface area contributed by atoms with E-state index in [0.29, 0.717) is 13.1 Å². The molecule has 0 aliphatic rings. The van der Waals surface area contributed by atoms with E-state index in [4.69, 9.17) is 0 Å². The van der Waals surface area contributed by atoms with Gasteiger partial charge in [-0.3, -0.25) is 4.79 Å². The molecule has 0 atom stereocenters. The van der Waals surface area contributed by atoms with Crippen LogP contribution in [0.25, 0.3) is 0 Å². The lowest BCUT2D eigenvalue weighted by Gasteiger charge is -2.06. The Morgan fingerprint density at radius 1 is 1.26 bits per heavy atom. The van der Waals surface area contributed by atoms with Crippen molar-refractivity contribution in [3.8, 4) is 5.75 Å². The highest BCUT2D eigenvalue weighted by atomic mass is 32.1. The molecule has 0 radical (unpaired) electrons. The van der Waals surface area contributed by atoms with Gasteiger partial charge in [0.15, 0.2) is 0 Å². The van der Waals surface area contributed by atoms with Gasteiger partial charge in [-0.05, 0) is 17.7 Å². The summed E-state index contributed by atoms with van der Waals surface area (Å²) in [5, 5.41) is 4.90. The molecule has 0 unspecified atom stereocenters. The second-order valence-corrected chi connectivity index (χ2v) is 4.64. The normalized spacial score (nSPS) is 10.9. The Morgan fingerprint density at radius 2 is 2.00 bits per heavy atom. The fraction of sp³-hybridized carbons (Fsp3) is 0.250. The van der Waals surface area contributed by atoms with Crippen molar-refractivity contribution < 1.29 is 13.5 Å². The van der Waals surface area contributed by atoms with Crippen LogP contribution in [0.5, 0.6) is 5.75 Å².